The zero-order valence-electron chi connectivity index (χ0n) is 12.0. The van der Waals surface area contributed by atoms with Gasteiger partial charge in [0, 0.05) is 18.6 Å². The molecule has 0 radical (unpaired) electrons. The number of halogens is 1. The lowest BCUT2D eigenvalue weighted by Gasteiger charge is -2.40. The molecule has 1 aliphatic rings. The summed E-state index contributed by atoms with van der Waals surface area (Å²) in [6.07, 6.45) is 3.41. The van der Waals surface area contributed by atoms with Gasteiger partial charge in [0.15, 0.2) is 0 Å². The van der Waals surface area contributed by atoms with Gasteiger partial charge in [0.05, 0.1) is 0 Å². The van der Waals surface area contributed by atoms with Gasteiger partial charge in [-0.05, 0) is 49.4 Å². The van der Waals surface area contributed by atoms with E-state index in [1.54, 1.807) is 12.1 Å². The normalized spacial score (nSPS) is 24.1. The summed E-state index contributed by atoms with van der Waals surface area (Å²) in [7, 11) is 0. The van der Waals surface area contributed by atoms with Gasteiger partial charge >= 0.3 is 0 Å². The molecule has 1 aromatic rings. The maximum absolute atomic E-state index is 13.5. The van der Waals surface area contributed by atoms with Crippen LogP contribution in [0.2, 0.25) is 0 Å². The zero-order chi connectivity index (χ0) is 13.8. The number of nitrogens with two attached hydrogens (primary N) is 1. The zero-order valence-corrected chi connectivity index (χ0v) is 12.0. The number of nitrogens with zero attached hydrogens (tertiary/aromatic N) is 1. The van der Waals surface area contributed by atoms with Crippen molar-refractivity contribution in [1.29, 1.82) is 0 Å². The fourth-order valence-corrected chi connectivity index (χ4v) is 3.12. The third kappa shape index (κ3) is 3.54. The van der Waals surface area contributed by atoms with Crippen molar-refractivity contribution in [2.24, 2.45) is 11.7 Å². The first-order valence-electron chi connectivity index (χ1n) is 7.37. The molecular weight excluding hydrogens is 239 g/mol. The van der Waals surface area contributed by atoms with E-state index in [1.165, 1.54) is 18.9 Å². The molecule has 0 saturated carbocycles. The molecule has 1 aliphatic heterocycles. The molecule has 2 rings (SSSR count). The van der Waals surface area contributed by atoms with Gasteiger partial charge < -0.3 is 5.73 Å². The molecule has 0 amide bonds. The van der Waals surface area contributed by atoms with Crippen molar-refractivity contribution >= 4 is 0 Å². The lowest BCUT2D eigenvalue weighted by atomic mass is 9.91. The van der Waals surface area contributed by atoms with Crippen molar-refractivity contribution < 1.29 is 4.39 Å². The maximum atomic E-state index is 13.5. The molecule has 2 N–H and O–H groups in total. The Balaban J connectivity index is 2.25. The molecule has 106 valence electrons. The fraction of sp³-hybridized carbons (Fsp3) is 0.625. The third-order valence-corrected chi connectivity index (χ3v) is 4.15. The van der Waals surface area contributed by atoms with Crippen LogP contribution in [-0.4, -0.2) is 24.0 Å². The van der Waals surface area contributed by atoms with Gasteiger partial charge in [-0.15, -0.1) is 0 Å². The van der Waals surface area contributed by atoms with Crippen molar-refractivity contribution in [1.82, 2.24) is 4.90 Å². The summed E-state index contributed by atoms with van der Waals surface area (Å²) in [5.41, 5.74) is 7.33. The number of likely N-dealkylation sites (tertiary alicyclic amines) is 1. The molecule has 3 heteroatoms. The van der Waals surface area contributed by atoms with Crippen LogP contribution in [0.1, 0.15) is 44.7 Å². The number of rotatable bonds is 4. The van der Waals surface area contributed by atoms with Gasteiger partial charge in [0.1, 0.15) is 5.82 Å². The van der Waals surface area contributed by atoms with E-state index in [1.807, 2.05) is 6.07 Å². The molecule has 3 atom stereocenters. The molecule has 3 unspecified atom stereocenters. The van der Waals surface area contributed by atoms with Crippen LogP contribution in [0.5, 0.6) is 0 Å². The molecular formula is C16H25FN2. The Morgan fingerprint density at radius 2 is 2.26 bits per heavy atom. The average Bonchev–Trinajstić information content (AvgIpc) is 2.39. The summed E-state index contributed by atoms with van der Waals surface area (Å²) >= 11 is 0. The minimum Gasteiger partial charge on any atom is -0.326 e. The van der Waals surface area contributed by atoms with Crippen LogP contribution in [0.15, 0.2) is 24.3 Å². The van der Waals surface area contributed by atoms with Crippen LogP contribution in [-0.2, 0) is 0 Å². The predicted octanol–water partition coefficient (Wildman–Crippen LogP) is 3.34. The predicted molar refractivity (Wildman–Crippen MR) is 77.4 cm³/mol. The third-order valence-electron chi connectivity index (χ3n) is 4.15. The molecule has 2 nitrogen and oxygen atoms in total. The Morgan fingerprint density at radius 1 is 1.47 bits per heavy atom. The van der Waals surface area contributed by atoms with Crippen molar-refractivity contribution in [2.75, 3.05) is 13.1 Å². The SMILES string of the molecule is CCC(N)C(c1cccc(F)c1)N1CCCC(C)C1. The first-order valence-corrected chi connectivity index (χ1v) is 7.37. The second-order valence-electron chi connectivity index (χ2n) is 5.81. The van der Waals surface area contributed by atoms with Crippen LogP contribution in [0.4, 0.5) is 4.39 Å². The summed E-state index contributed by atoms with van der Waals surface area (Å²) in [5, 5.41) is 0. The Labute approximate surface area is 115 Å². The molecule has 1 heterocycles. The molecule has 0 bridgehead atoms. The van der Waals surface area contributed by atoms with Crippen molar-refractivity contribution in [3.8, 4) is 0 Å². The monoisotopic (exact) mass is 264 g/mol. The molecule has 19 heavy (non-hydrogen) atoms. The molecule has 1 fully saturated rings. The Morgan fingerprint density at radius 3 is 2.89 bits per heavy atom. The van der Waals surface area contributed by atoms with E-state index in [0.717, 1.165) is 25.1 Å². The first-order chi connectivity index (χ1) is 9.11. The van der Waals surface area contributed by atoms with Gasteiger partial charge in [0.25, 0.3) is 0 Å². The molecule has 1 saturated heterocycles. The summed E-state index contributed by atoms with van der Waals surface area (Å²) in [6, 6.07) is 7.13. The van der Waals surface area contributed by atoms with Crippen molar-refractivity contribution in [3.05, 3.63) is 35.6 Å². The van der Waals surface area contributed by atoms with E-state index in [-0.39, 0.29) is 17.9 Å². The number of benzene rings is 1. The van der Waals surface area contributed by atoms with E-state index in [4.69, 9.17) is 5.73 Å². The van der Waals surface area contributed by atoms with E-state index in [0.29, 0.717) is 5.92 Å². The van der Waals surface area contributed by atoms with Gasteiger partial charge in [-0.2, -0.15) is 0 Å². The first kappa shape index (κ1) is 14.5. The van der Waals surface area contributed by atoms with E-state index >= 15 is 0 Å². The lowest BCUT2D eigenvalue weighted by molar-refractivity contribution is 0.111. The minimum absolute atomic E-state index is 0.0621. The van der Waals surface area contributed by atoms with E-state index in [9.17, 15) is 4.39 Å². The Hall–Kier alpha value is -0.930. The summed E-state index contributed by atoms with van der Waals surface area (Å²) in [5.74, 6) is 0.532. The average molecular weight is 264 g/mol. The summed E-state index contributed by atoms with van der Waals surface area (Å²) in [6.45, 7) is 6.52. The second-order valence-corrected chi connectivity index (χ2v) is 5.81. The standard InChI is InChI=1S/C16H25FN2/c1-3-15(18)16(13-7-4-8-14(17)10-13)19-9-5-6-12(2)11-19/h4,7-8,10,12,15-16H,3,5-6,9,11,18H2,1-2H3. The summed E-state index contributed by atoms with van der Waals surface area (Å²) < 4.78 is 13.5. The minimum atomic E-state index is -0.170. The highest BCUT2D eigenvalue weighted by molar-refractivity contribution is 5.22. The highest BCUT2D eigenvalue weighted by atomic mass is 19.1. The topological polar surface area (TPSA) is 29.3 Å². The quantitative estimate of drug-likeness (QED) is 0.903. The molecule has 0 spiro atoms. The van der Waals surface area contributed by atoms with E-state index < -0.39 is 0 Å². The number of hydrogen-bond donors (Lipinski definition) is 1. The molecule has 1 aromatic carbocycles. The van der Waals surface area contributed by atoms with Gasteiger partial charge in [-0.3, -0.25) is 4.90 Å². The molecule has 0 aromatic heterocycles. The number of hydrogen-bond acceptors (Lipinski definition) is 2. The fourth-order valence-electron chi connectivity index (χ4n) is 3.12. The highest BCUT2D eigenvalue weighted by Crippen LogP contribution is 2.30. The van der Waals surface area contributed by atoms with Gasteiger partial charge in [0.2, 0.25) is 0 Å². The summed E-state index contributed by atoms with van der Waals surface area (Å²) in [4.78, 5) is 2.44. The van der Waals surface area contributed by atoms with Gasteiger partial charge in [-0.25, -0.2) is 4.39 Å². The molecule has 0 aliphatic carbocycles. The maximum Gasteiger partial charge on any atom is 0.123 e. The lowest BCUT2D eigenvalue weighted by Crippen LogP contribution is -2.45. The largest absolute Gasteiger partial charge is 0.326 e. The highest BCUT2D eigenvalue weighted by Gasteiger charge is 2.29. The van der Waals surface area contributed by atoms with Crippen LogP contribution >= 0.6 is 0 Å². The van der Waals surface area contributed by atoms with Crippen LogP contribution in [0.25, 0.3) is 0 Å². The van der Waals surface area contributed by atoms with Gasteiger partial charge in [-0.1, -0.05) is 26.0 Å². The van der Waals surface area contributed by atoms with Crippen molar-refractivity contribution in [2.45, 2.75) is 45.2 Å². The Bertz CT molecular complexity index is 407. The van der Waals surface area contributed by atoms with Crippen LogP contribution in [0, 0.1) is 11.7 Å². The van der Waals surface area contributed by atoms with Crippen LogP contribution in [0.3, 0.4) is 0 Å². The Kier molecular flexibility index (Phi) is 4.94. The van der Waals surface area contributed by atoms with Crippen LogP contribution < -0.4 is 5.73 Å². The number of piperidine rings is 1. The van der Waals surface area contributed by atoms with Crippen molar-refractivity contribution in [3.63, 3.8) is 0 Å². The second kappa shape index (κ2) is 6.49. The van der Waals surface area contributed by atoms with E-state index in [2.05, 4.69) is 18.7 Å². The smallest absolute Gasteiger partial charge is 0.123 e.